The number of carbonyl (C=O) groups excluding carboxylic acids is 1. The molecule has 3 aromatic rings. The molecule has 24 heavy (non-hydrogen) atoms. The Morgan fingerprint density at radius 2 is 1.50 bits per heavy atom. The van der Waals surface area contributed by atoms with E-state index in [1.807, 2.05) is 72.8 Å². The average molecular weight is 315 g/mol. The molecule has 0 fully saturated rings. The molecule has 1 aromatic heterocycles. The van der Waals surface area contributed by atoms with Gasteiger partial charge in [-0.1, -0.05) is 66.7 Å². The standard InChI is InChI=1S/C21H17NO2/c23-20(14-13-17-8-7-15-22-16-17)24-21(18-9-3-1-4-10-18)19-11-5-2-6-12-19/h1-16,21H/b14-13+. The van der Waals surface area contributed by atoms with Crippen LogP contribution in [0.4, 0.5) is 0 Å². The largest absolute Gasteiger partial charge is 0.449 e. The molecule has 0 spiro atoms. The first kappa shape index (κ1) is 15.7. The number of nitrogens with zero attached hydrogens (tertiary/aromatic N) is 1. The van der Waals surface area contributed by atoms with E-state index in [-0.39, 0.29) is 0 Å². The summed E-state index contributed by atoms with van der Waals surface area (Å²) in [5.41, 5.74) is 2.73. The lowest BCUT2D eigenvalue weighted by Crippen LogP contribution is -2.10. The van der Waals surface area contributed by atoms with Crippen LogP contribution in [0.15, 0.2) is 91.3 Å². The van der Waals surface area contributed by atoms with Crippen molar-refractivity contribution in [1.82, 2.24) is 4.98 Å². The van der Waals surface area contributed by atoms with E-state index in [0.717, 1.165) is 16.7 Å². The van der Waals surface area contributed by atoms with Gasteiger partial charge in [-0.15, -0.1) is 0 Å². The monoisotopic (exact) mass is 315 g/mol. The number of rotatable bonds is 5. The lowest BCUT2D eigenvalue weighted by molar-refractivity contribution is -0.141. The molecule has 0 N–H and O–H groups in total. The molecule has 0 atom stereocenters. The number of benzene rings is 2. The van der Waals surface area contributed by atoms with Crippen molar-refractivity contribution in [3.63, 3.8) is 0 Å². The van der Waals surface area contributed by atoms with Crippen molar-refractivity contribution in [3.05, 3.63) is 108 Å². The van der Waals surface area contributed by atoms with Gasteiger partial charge in [0, 0.05) is 18.5 Å². The zero-order chi connectivity index (χ0) is 16.6. The Balaban J connectivity index is 1.80. The molecular formula is C21H17NO2. The van der Waals surface area contributed by atoms with Gasteiger partial charge in [0.1, 0.15) is 0 Å². The van der Waals surface area contributed by atoms with Crippen molar-refractivity contribution in [2.24, 2.45) is 0 Å². The van der Waals surface area contributed by atoms with E-state index in [0.29, 0.717) is 0 Å². The van der Waals surface area contributed by atoms with Gasteiger partial charge in [-0.2, -0.15) is 0 Å². The van der Waals surface area contributed by atoms with Gasteiger partial charge < -0.3 is 4.74 Å². The summed E-state index contributed by atoms with van der Waals surface area (Å²) in [6.45, 7) is 0. The van der Waals surface area contributed by atoms with Crippen molar-refractivity contribution < 1.29 is 9.53 Å². The van der Waals surface area contributed by atoms with Crippen molar-refractivity contribution in [1.29, 1.82) is 0 Å². The number of pyridine rings is 1. The second-order valence-electron chi connectivity index (χ2n) is 5.26. The van der Waals surface area contributed by atoms with E-state index in [4.69, 9.17) is 4.74 Å². The highest BCUT2D eigenvalue weighted by Crippen LogP contribution is 2.26. The summed E-state index contributed by atoms with van der Waals surface area (Å²) in [4.78, 5) is 16.3. The van der Waals surface area contributed by atoms with E-state index < -0.39 is 12.1 Å². The van der Waals surface area contributed by atoms with Crippen molar-refractivity contribution in [2.45, 2.75) is 6.10 Å². The molecule has 0 radical (unpaired) electrons. The van der Waals surface area contributed by atoms with Crippen LogP contribution in [0.5, 0.6) is 0 Å². The molecular weight excluding hydrogens is 298 g/mol. The van der Waals surface area contributed by atoms with E-state index in [1.165, 1.54) is 6.08 Å². The Hall–Kier alpha value is -3.20. The van der Waals surface area contributed by atoms with Gasteiger partial charge in [0.25, 0.3) is 0 Å². The van der Waals surface area contributed by atoms with Gasteiger partial charge in [0.15, 0.2) is 6.10 Å². The third-order valence-corrected chi connectivity index (χ3v) is 3.53. The second-order valence-corrected chi connectivity index (χ2v) is 5.26. The van der Waals surface area contributed by atoms with Crippen LogP contribution in [0.2, 0.25) is 0 Å². The highest BCUT2D eigenvalue weighted by atomic mass is 16.5. The zero-order valence-corrected chi connectivity index (χ0v) is 13.1. The fraction of sp³-hybridized carbons (Fsp3) is 0.0476. The molecule has 3 nitrogen and oxygen atoms in total. The van der Waals surface area contributed by atoms with Gasteiger partial charge in [0.05, 0.1) is 0 Å². The van der Waals surface area contributed by atoms with Gasteiger partial charge in [-0.25, -0.2) is 4.79 Å². The second kappa shape index (κ2) is 7.88. The summed E-state index contributed by atoms with van der Waals surface area (Å²) in [5, 5.41) is 0. The molecule has 2 aromatic carbocycles. The topological polar surface area (TPSA) is 39.2 Å². The quantitative estimate of drug-likeness (QED) is 0.516. The molecule has 118 valence electrons. The number of ether oxygens (including phenoxy) is 1. The minimum Gasteiger partial charge on any atom is -0.449 e. The molecule has 1 heterocycles. The molecule has 0 aliphatic carbocycles. The highest BCUT2D eigenvalue weighted by Gasteiger charge is 2.17. The Kier molecular flexibility index (Phi) is 5.15. The first-order valence-corrected chi connectivity index (χ1v) is 7.71. The van der Waals surface area contributed by atoms with E-state index in [9.17, 15) is 4.79 Å². The van der Waals surface area contributed by atoms with Crippen LogP contribution in [0.3, 0.4) is 0 Å². The normalized spacial score (nSPS) is 10.9. The number of hydrogen-bond acceptors (Lipinski definition) is 3. The minimum absolute atomic E-state index is 0.392. The molecule has 0 saturated carbocycles. The van der Waals surface area contributed by atoms with Gasteiger partial charge in [0.2, 0.25) is 0 Å². The van der Waals surface area contributed by atoms with Crippen LogP contribution in [0, 0.1) is 0 Å². The van der Waals surface area contributed by atoms with Gasteiger partial charge >= 0.3 is 5.97 Å². The fourth-order valence-corrected chi connectivity index (χ4v) is 2.38. The number of carbonyl (C=O) groups is 1. The first-order valence-electron chi connectivity index (χ1n) is 7.71. The van der Waals surface area contributed by atoms with Crippen LogP contribution < -0.4 is 0 Å². The highest BCUT2D eigenvalue weighted by molar-refractivity contribution is 5.87. The first-order chi connectivity index (χ1) is 11.8. The maximum absolute atomic E-state index is 12.2. The van der Waals surface area contributed by atoms with E-state index in [1.54, 1.807) is 18.5 Å². The summed E-state index contributed by atoms with van der Waals surface area (Å²) in [5.74, 6) is -0.392. The van der Waals surface area contributed by atoms with Crippen LogP contribution in [0.25, 0.3) is 6.08 Å². The zero-order valence-electron chi connectivity index (χ0n) is 13.1. The van der Waals surface area contributed by atoms with E-state index in [2.05, 4.69) is 4.98 Å². The van der Waals surface area contributed by atoms with Crippen LogP contribution >= 0.6 is 0 Å². The Morgan fingerprint density at radius 1 is 0.875 bits per heavy atom. The predicted molar refractivity (Wildman–Crippen MR) is 94.1 cm³/mol. The number of esters is 1. The molecule has 0 aliphatic rings. The summed E-state index contributed by atoms with van der Waals surface area (Å²) in [6.07, 6.45) is 6.07. The predicted octanol–water partition coefficient (Wildman–Crippen LogP) is 4.43. The number of hydrogen-bond donors (Lipinski definition) is 0. The summed E-state index contributed by atoms with van der Waals surface area (Å²) in [6, 6.07) is 23.1. The van der Waals surface area contributed by atoms with Crippen LogP contribution in [0.1, 0.15) is 22.8 Å². The lowest BCUT2D eigenvalue weighted by Gasteiger charge is -2.18. The molecule has 0 unspecified atom stereocenters. The van der Waals surface area contributed by atoms with E-state index >= 15 is 0 Å². The summed E-state index contributed by atoms with van der Waals surface area (Å²) >= 11 is 0. The third kappa shape index (κ3) is 4.17. The van der Waals surface area contributed by atoms with Crippen molar-refractivity contribution in [3.8, 4) is 0 Å². The van der Waals surface area contributed by atoms with Gasteiger partial charge in [-0.05, 0) is 28.8 Å². The maximum Gasteiger partial charge on any atom is 0.331 e. The molecule has 3 rings (SSSR count). The molecule has 3 heteroatoms. The molecule has 0 bridgehead atoms. The Labute approximate surface area is 141 Å². The van der Waals surface area contributed by atoms with Crippen molar-refractivity contribution in [2.75, 3.05) is 0 Å². The molecule has 0 amide bonds. The van der Waals surface area contributed by atoms with Crippen LogP contribution in [-0.4, -0.2) is 11.0 Å². The van der Waals surface area contributed by atoms with Gasteiger partial charge in [-0.3, -0.25) is 4.98 Å². The lowest BCUT2D eigenvalue weighted by atomic mass is 10.0. The summed E-state index contributed by atoms with van der Waals surface area (Å²) < 4.78 is 5.70. The molecule has 0 aliphatic heterocycles. The Bertz CT molecular complexity index is 760. The number of aromatic nitrogens is 1. The Morgan fingerprint density at radius 3 is 2.04 bits per heavy atom. The maximum atomic E-state index is 12.2. The molecule has 0 saturated heterocycles. The SMILES string of the molecule is O=C(/C=C/c1cccnc1)OC(c1ccccc1)c1ccccc1. The van der Waals surface area contributed by atoms with Crippen LogP contribution in [-0.2, 0) is 9.53 Å². The van der Waals surface area contributed by atoms with Crippen molar-refractivity contribution >= 4 is 12.0 Å². The smallest absolute Gasteiger partial charge is 0.331 e. The third-order valence-electron chi connectivity index (χ3n) is 3.53. The average Bonchev–Trinajstić information content (AvgIpc) is 2.67. The fourth-order valence-electron chi connectivity index (χ4n) is 2.38. The summed E-state index contributed by atoms with van der Waals surface area (Å²) in [7, 11) is 0. The minimum atomic E-state index is -0.432.